The molecule has 0 aliphatic heterocycles. The van der Waals surface area contributed by atoms with Gasteiger partial charge in [0.2, 0.25) is 0 Å². The van der Waals surface area contributed by atoms with Gasteiger partial charge in [0.05, 0.1) is 0 Å². The van der Waals surface area contributed by atoms with E-state index in [9.17, 15) is 0 Å². The van der Waals surface area contributed by atoms with Crippen LogP contribution in [0.4, 0.5) is 5.69 Å². The first-order valence-corrected chi connectivity index (χ1v) is 5.53. The van der Waals surface area contributed by atoms with Crippen LogP contribution in [0.2, 0.25) is 0 Å². The number of nitrogen functional groups attached to an aromatic ring is 1. The fourth-order valence-electron chi connectivity index (χ4n) is 1.52. The molecule has 5 heteroatoms. The Bertz CT molecular complexity index is 476. The van der Waals surface area contributed by atoms with Crippen molar-refractivity contribution in [2.75, 3.05) is 5.73 Å². The zero-order valence-electron chi connectivity index (χ0n) is 10.00. The summed E-state index contributed by atoms with van der Waals surface area (Å²) in [6.45, 7) is 4.52. The lowest BCUT2D eigenvalue weighted by atomic mass is 10.3. The van der Waals surface area contributed by atoms with Gasteiger partial charge in [0, 0.05) is 11.7 Å². The second kappa shape index (κ2) is 4.86. The van der Waals surface area contributed by atoms with E-state index in [0.29, 0.717) is 6.61 Å². The molecule has 1 aromatic carbocycles. The highest BCUT2D eigenvalue weighted by Gasteiger charge is 2.07. The van der Waals surface area contributed by atoms with Crippen LogP contribution in [0, 0.1) is 0 Å². The molecule has 17 heavy (non-hydrogen) atoms. The van der Waals surface area contributed by atoms with E-state index < -0.39 is 0 Å². The number of nitrogens with two attached hydrogens (primary N) is 1. The van der Waals surface area contributed by atoms with Gasteiger partial charge in [0.25, 0.3) is 0 Å². The summed E-state index contributed by atoms with van der Waals surface area (Å²) in [5.74, 6) is 1.59. The van der Waals surface area contributed by atoms with Gasteiger partial charge in [-0.15, -0.1) is 0 Å². The highest BCUT2D eigenvalue weighted by molar-refractivity contribution is 5.41. The van der Waals surface area contributed by atoms with Crippen LogP contribution in [0.15, 0.2) is 30.6 Å². The second-order valence-electron chi connectivity index (χ2n) is 4.07. The Kier molecular flexibility index (Phi) is 3.27. The standard InChI is InChI=1S/C12H16N4O/c1-9(2)16-12(14-8-15-16)7-17-11-5-3-10(13)4-6-11/h3-6,8-9H,7,13H2,1-2H3. The van der Waals surface area contributed by atoms with Crippen molar-refractivity contribution in [2.24, 2.45) is 0 Å². The largest absolute Gasteiger partial charge is 0.486 e. The van der Waals surface area contributed by atoms with Crippen LogP contribution in [-0.4, -0.2) is 14.8 Å². The minimum atomic E-state index is 0.280. The van der Waals surface area contributed by atoms with E-state index in [2.05, 4.69) is 23.9 Å². The third-order valence-corrected chi connectivity index (χ3v) is 2.38. The van der Waals surface area contributed by atoms with Crippen molar-refractivity contribution in [1.82, 2.24) is 14.8 Å². The van der Waals surface area contributed by atoms with Crippen LogP contribution >= 0.6 is 0 Å². The van der Waals surface area contributed by atoms with Crippen LogP contribution in [0.3, 0.4) is 0 Å². The Labute approximate surface area is 100 Å². The molecular formula is C12H16N4O. The summed E-state index contributed by atoms with van der Waals surface area (Å²) in [6, 6.07) is 7.57. The molecule has 2 aromatic rings. The first kappa shape index (κ1) is 11.4. The predicted molar refractivity (Wildman–Crippen MR) is 65.6 cm³/mol. The number of benzene rings is 1. The highest BCUT2D eigenvalue weighted by atomic mass is 16.5. The molecule has 5 nitrogen and oxygen atoms in total. The molecule has 0 saturated heterocycles. The Morgan fingerprint density at radius 1 is 1.29 bits per heavy atom. The molecule has 90 valence electrons. The van der Waals surface area contributed by atoms with Gasteiger partial charge in [-0.1, -0.05) is 0 Å². The zero-order chi connectivity index (χ0) is 12.3. The summed E-state index contributed by atoms with van der Waals surface area (Å²) in [6.07, 6.45) is 1.54. The molecule has 1 heterocycles. The van der Waals surface area contributed by atoms with E-state index >= 15 is 0 Å². The number of nitrogens with zero attached hydrogens (tertiary/aromatic N) is 3. The molecular weight excluding hydrogens is 216 g/mol. The summed E-state index contributed by atoms with van der Waals surface area (Å²) < 4.78 is 7.46. The Hall–Kier alpha value is -2.04. The van der Waals surface area contributed by atoms with E-state index in [1.54, 1.807) is 6.33 Å². The Morgan fingerprint density at radius 3 is 2.65 bits per heavy atom. The third kappa shape index (κ3) is 2.75. The number of hydrogen-bond donors (Lipinski definition) is 1. The molecule has 2 N–H and O–H groups in total. The van der Waals surface area contributed by atoms with Gasteiger partial charge in [-0.3, -0.25) is 0 Å². The highest BCUT2D eigenvalue weighted by Crippen LogP contribution is 2.15. The molecule has 2 rings (SSSR count). The van der Waals surface area contributed by atoms with Crippen molar-refractivity contribution < 1.29 is 4.74 Å². The Morgan fingerprint density at radius 2 is 2.00 bits per heavy atom. The van der Waals surface area contributed by atoms with Gasteiger partial charge in [-0.25, -0.2) is 9.67 Å². The molecule has 0 aliphatic rings. The number of anilines is 1. The molecule has 0 amide bonds. The average Bonchev–Trinajstić information content (AvgIpc) is 2.76. The van der Waals surface area contributed by atoms with E-state index in [0.717, 1.165) is 17.3 Å². The maximum absolute atomic E-state index is 5.62. The quantitative estimate of drug-likeness (QED) is 0.819. The summed E-state index contributed by atoms with van der Waals surface area (Å²) in [7, 11) is 0. The summed E-state index contributed by atoms with van der Waals surface area (Å²) in [5.41, 5.74) is 6.32. The van der Waals surface area contributed by atoms with Gasteiger partial charge in [0.1, 0.15) is 18.7 Å². The van der Waals surface area contributed by atoms with Crippen LogP contribution in [-0.2, 0) is 6.61 Å². The molecule has 0 fully saturated rings. The number of aromatic nitrogens is 3. The molecule has 0 bridgehead atoms. The fourth-order valence-corrected chi connectivity index (χ4v) is 1.52. The summed E-state index contributed by atoms with van der Waals surface area (Å²) in [5, 5.41) is 4.15. The molecule has 0 atom stereocenters. The number of ether oxygens (including phenoxy) is 1. The van der Waals surface area contributed by atoms with Gasteiger partial charge in [-0.05, 0) is 38.1 Å². The molecule has 1 aromatic heterocycles. The topological polar surface area (TPSA) is 66.0 Å². The number of rotatable bonds is 4. The van der Waals surface area contributed by atoms with Crippen molar-refractivity contribution >= 4 is 5.69 Å². The van der Waals surface area contributed by atoms with E-state index in [4.69, 9.17) is 10.5 Å². The van der Waals surface area contributed by atoms with Crippen molar-refractivity contribution in [1.29, 1.82) is 0 Å². The summed E-state index contributed by atoms with van der Waals surface area (Å²) >= 11 is 0. The number of hydrogen-bond acceptors (Lipinski definition) is 4. The molecule has 0 saturated carbocycles. The van der Waals surface area contributed by atoms with Gasteiger partial charge >= 0.3 is 0 Å². The van der Waals surface area contributed by atoms with Crippen molar-refractivity contribution in [3.8, 4) is 5.75 Å². The average molecular weight is 232 g/mol. The molecule has 0 spiro atoms. The second-order valence-corrected chi connectivity index (χ2v) is 4.07. The minimum absolute atomic E-state index is 0.280. The van der Waals surface area contributed by atoms with Crippen molar-refractivity contribution in [2.45, 2.75) is 26.5 Å². The van der Waals surface area contributed by atoms with Gasteiger partial charge in [0.15, 0.2) is 5.82 Å². The first-order chi connectivity index (χ1) is 8.16. The van der Waals surface area contributed by atoms with Crippen LogP contribution < -0.4 is 10.5 Å². The van der Waals surface area contributed by atoms with Crippen LogP contribution in [0.1, 0.15) is 25.7 Å². The Balaban J connectivity index is 2.02. The molecule has 0 aliphatic carbocycles. The lowest BCUT2D eigenvalue weighted by Crippen LogP contribution is -2.10. The smallest absolute Gasteiger partial charge is 0.165 e. The van der Waals surface area contributed by atoms with E-state index in [1.165, 1.54) is 0 Å². The third-order valence-electron chi connectivity index (χ3n) is 2.38. The minimum Gasteiger partial charge on any atom is -0.486 e. The molecule has 0 unspecified atom stereocenters. The SMILES string of the molecule is CC(C)n1ncnc1COc1ccc(N)cc1. The fraction of sp³-hybridized carbons (Fsp3) is 0.333. The summed E-state index contributed by atoms with van der Waals surface area (Å²) in [4.78, 5) is 4.17. The van der Waals surface area contributed by atoms with E-state index in [1.807, 2.05) is 28.9 Å². The monoisotopic (exact) mass is 232 g/mol. The van der Waals surface area contributed by atoms with Gasteiger partial charge in [-0.2, -0.15) is 5.10 Å². The van der Waals surface area contributed by atoms with E-state index in [-0.39, 0.29) is 6.04 Å². The molecule has 0 radical (unpaired) electrons. The maximum Gasteiger partial charge on any atom is 0.165 e. The lowest BCUT2D eigenvalue weighted by molar-refractivity contribution is 0.282. The lowest BCUT2D eigenvalue weighted by Gasteiger charge is -2.10. The van der Waals surface area contributed by atoms with Crippen molar-refractivity contribution in [3.63, 3.8) is 0 Å². The zero-order valence-corrected chi connectivity index (χ0v) is 10.00. The van der Waals surface area contributed by atoms with Gasteiger partial charge < -0.3 is 10.5 Å². The first-order valence-electron chi connectivity index (χ1n) is 5.53. The van der Waals surface area contributed by atoms with Crippen molar-refractivity contribution in [3.05, 3.63) is 36.4 Å². The normalized spacial score (nSPS) is 10.8. The van der Waals surface area contributed by atoms with Crippen LogP contribution in [0.5, 0.6) is 5.75 Å². The maximum atomic E-state index is 5.62. The van der Waals surface area contributed by atoms with Crippen LogP contribution in [0.25, 0.3) is 0 Å². The predicted octanol–water partition coefficient (Wildman–Crippen LogP) is 2.02.